The first kappa shape index (κ1) is 10.2. The molecule has 0 aromatic heterocycles. The van der Waals surface area contributed by atoms with Crippen LogP contribution in [0.2, 0.25) is 0 Å². The maximum atomic E-state index is 10.7. The van der Waals surface area contributed by atoms with Crippen LogP contribution < -0.4 is 0 Å². The third-order valence-corrected chi connectivity index (χ3v) is 2.33. The Kier molecular flexibility index (Phi) is 2.60. The maximum absolute atomic E-state index is 10.7. The van der Waals surface area contributed by atoms with Crippen molar-refractivity contribution in [1.29, 1.82) is 0 Å². The predicted molar refractivity (Wildman–Crippen MR) is 60.6 cm³/mol. The van der Waals surface area contributed by atoms with Crippen molar-refractivity contribution in [1.82, 2.24) is 0 Å². The third kappa shape index (κ3) is 1.75. The Morgan fingerprint density at radius 1 is 1.00 bits per heavy atom. The van der Waals surface area contributed by atoms with Gasteiger partial charge in [0.05, 0.1) is 0 Å². The van der Waals surface area contributed by atoms with Crippen molar-refractivity contribution in [3.05, 3.63) is 48.0 Å². The van der Waals surface area contributed by atoms with Crippen LogP contribution in [0.4, 0.5) is 0 Å². The predicted octanol–water partition coefficient (Wildman–Crippen LogP) is 2.58. The van der Waals surface area contributed by atoms with Crippen LogP contribution in [-0.4, -0.2) is 16.5 Å². The van der Waals surface area contributed by atoms with Crippen LogP contribution in [0.5, 0.6) is 11.5 Å². The number of aldehydes is 1. The second-order valence-electron chi connectivity index (χ2n) is 3.42. The van der Waals surface area contributed by atoms with Crippen molar-refractivity contribution in [2.45, 2.75) is 0 Å². The van der Waals surface area contributed by atoms with Crippen LogP contribution >= 0.6 is 0 Å². The molecule has 0 aliphatic rings. The van der Waals surface area contributed by atoms with Crippen LogP contribution in [-0.2, 0) is 0 Å². The Hall–Kier alpha value is -2.29. The van der Waals surface area contributed by atoms with Crippen molar-refractivity contribution in [3.8, 4) is 22.6 Å². The largest absolute Gasteiger partial charge is 0.504 e. The minimum absolute atomic E-state index is 0.211. The summed E-state index contributed by atoms with van der Waals surface area (Å²) in [7, 11) is 0. The van der Waals surface area contributed by atoms with Gasteiger partial charge in [0, 0.05) is 11.1 Å². The van der Waals surface area contributed by atoms with Gasteiger partial charge in [-0.1, -0.05) is 30.3 Å². The van der Waals surface area contributed by atoms with E-state index in [1.54, 1.807) is 12.1 Å². The van der Waals surface area contributed by atoms with Gasteiger partial charge in [-0.25, -0.2) is 0 Å². The number of hydrogen-bond donors (Lipinski definition) is 2. The zero-order valence-electron chi connectivity index (χ0n) is 8.42. The summed E-state index contributed by atoms with van der Waals surface area (Å²) < 4.78 is 0. The molecule has 0 unspecified atom stereocenters. The number of benzene rings is 2. The first-order valence-electron chi connectivity index (χ1n) is 4.79. The Morgan fingerprint density at radius 2 is 1.69 bits per heavy atom. The minimum Gasteiger partial charge on any atom is -0.504 e. The third-order valence-electron chi connectivity index (χ3n) is 2.33. The standard InChI is InChI=1S/C13H10O3/c14-8-9-6-11(13(16)12(15)7-9)10-4-2-1-3-5-10/h1-8,15-16H. The molecule has 2 aromatic rings. The lowest BCUT2D eigenvalue weighted by molar-refractivity contribution is 0.112. The van der Waals surface area contributed by atoms with Crippen LogP contribution in [0, 0.1) is 0 Å². The summed E-state index contributed by atoms with van der Waals surface area (Å²) in [5.74, 6) is -0.500. The lowest BCUT2D eigenvalue weighted by Gasteiger charge is -2.07. The molecule has 80 valence electrons. The van der Waals surface area contributed by atoms with Gasteiger partial charge < -0.3 is 10.2 Å². The average Bonchev–Trinajstić information content (AvgIpc) is 2.33. The van der Waals surface area contributed by atoms with Crippen molar-refractivity contribution < 1.29 is 15.0 Å². The zero-order valence-corrected chi connectivity index (χ0v) is 8.42. The maximum Gasteiger partial charge on any atom is 0.165 e. The lowest BCUT2D eigenvalue weighted by Crippen LogP contribution is -1.85. The summed E-state index contributed by atoms with van der Waals surface area (Å²) in [6, 6.07) is 11.8. The van der Waals surface area contributed by atoms with E-state index in [-0.39, 0.29) is 11.5 Å². The molecular weight excluding hydrogens is 204 g/mol. The summed E-state index contributed by atoms with van der Waals surface area (Å²) in [4.78, 5) is 10.7. The highest BCUT2D eigenvalue weighted by molar-refractivity contribution is 5.83. The summed E-state index contributed by atoms with van der Waals surface area (Å²) in [5, 5.41) is 19.2. The van der Waals surface area contributed by atoms with Crippen LogP contribution in [0.25, 0.3) is 11.1 Å². The molecule has 0 saturated carbocycles. The fraction of sp³-hybridized carbons (Fsp3) is 0. The highest BCUT2D eigenvalue weighted by Gasteiger charge is 2.10. The first-order chi connectivity index (χ1) is 7.72. The molecule has 3 heteroatoms. The van der Waals surface area contributed by atoms with E-state index in [4.69, 9.17) is 0 Å². The Labute approximate surface area is 92.6 Å². The molecular formula is C13H10O3. The highest BCUT2D eigenvalue weighted by Crippen LogP contribution is 2.37. The molecule has 0 bridgehead atoms. The second-order valence-corrected chi connectivity index (χ2v) is 3.42. The number of rotatable bonds is 2. The summed E-state index contributed by atoms with van der Waals surface area (Å²) >= 11 is 0. The van der Waals surface area contributed by atoms with Gasteiger partial charge in [0.1, 0.15) is 6.29 Å². The summed E-state index contributed by atoms with van der Waals surface area (Å²) in [6.07, 6.45) is 0.631. The zero-order chi connectivity index (χ0) is 11.5. The molecule has 16 heavy (non-hydrogen) atoms. The monoisotopic (exact) mass is 214 g/mol. The molecule has 0 saturated heterocycles. The molecule has 2 aromatic carbocycles. The van der Waals surface area contributed by atoms with Crippen molar-refractivity contribution >= 4 is 6.29 Å². The van der Waals surface area contributed by atoms with E-state index in [1.165, 1.54) is 12.1 Å². The second kappa shape index (κ2) is 4.06. The molecule has 0 fully saturated rings. The SMILES string of the molecule is O=Cc1cc(O)c(O)c(-c2ccccc2)c1. The first-order valence-corrected chi connectivity index (χ1v) is 4.79. The quantitative estimate of drug-likeness (QED) is 0.596. The molecule has 0 heterocycles. The van der Waals surface area contributed by atoms with E-state index >= 15 is 0 Å². The molecule has 0 aliphatic carbocycles. The fourth-order valence-electron chi connectivity index (χ4n) is 1.55. The molecule has 0 aliphatic heterocycles. The van der Waals surface area contributed by atoms with Crippen molar-refractivity contribution in [2.75, 3.05) is 0 Å². The van der Waals surface area contributed by atoms with E-state index < -0.39 is 0 Å². The van der Waals surface area contributed by atoms with Gasteiger partial charge in [0.25, 0.3) is 0 Å². The smallest absolute Gasteiger partial charge is 0.165 e. The number of carbonyl (C=O) groups excluding carboxylic acids is 1. The molecule has 0 radical (unpaired) electrons. The molecule has 0 amide bonds. The minimum atomic E-state index is -0.288. The molecule has 2 N–H and O–H groups in total. The number of phenolic OH excluding ortho intramolecular Hbond substituents is 2. The van der Waals surface area contributed by atoms with Gasteiger partial charge in [0.2, 0.25) is 0 Å². The van der Waals surface area contributed by atoms with E-state index in [9.17, 15) is 15.0 Å². The normalized spacial score (nSPS) is 10.0. The van der Waals surface area contributed by atoms with Gasteiger partial charge in [-0.2, -0.15) is 0 Å². The van der Waals surface area contributed by atoms with Gasteiger partial charge in [-0.3, -0.25) is 4.79 Å². The fourth-order valence-corrected chi connectivity index (χ4v) is 1.55. The average molecular weight is 214 g/mol. The highest BCUT2D eigenvalue weighted by atomic mass is 16.3. The van der Waals surface area contributed by atoms with E-state index in [0.29, 0.717) is 17.4 Å². The number of carbonyl (C=O) groups is 1. The van der Waals surface area contributed by atoms with E-state index in [2.05, 4.69) is 0 Å². The number of phenols is 2. The van der Waals surface area contributed by atoms with E-state index in [1.807, 2.05) is 18.2 Å². The Bertz CT molecular complexity index is 518. The molecule has 0 spiro atoms. The van der Waals surface area contributed by atoms with Gasteiger partial charge in [0.15, 0.2) is 11.5 Å². The Balaban J connectivity index is 2.64. The summed E-state index contributed by atoms with van der Waals surface area (Å²) in [6.45, 7) is 0. The summed E-state index contributed by atoms with van der Waals surface area (Å²) in [5.41, 5.74) is 1.52. The van der Waals surface area contributed by atoms with Crippen molar-refractivity contribution in [3.63, 3.8) is 0 Å². The lowest BCUT2D eigenvalue weighted by atomic mass is 10.0. The van der Waals surface area contributed by atoms with Crippen LogP contribution in [0.15, 0.2) is 42.5 Å². The van der Waals surface area contributed by atoms with Crippen LogP contribution in [0.1, 0.15) is 10.4 Å². The molecule has 2 rings (SSSR count). The molecule has 3 nitrogen and oxygen atoms in total. The molecule has 0 atom stereocenters. The van der Waals surface area contributed by atoms with Crippen molar-refractivity contribution in [2.24, 2.45) is 0 Å². The van der Waals surface area contributed by atoms with Crippen LogP contribution in [0.3, 0.4) is 0 Å². The van der Waals surface area contributed by atoms with Gasteiger partial charge in [-0.05, 0) is 17.7 Å². The van der Waals surface area contributed by atoms with E-state index in [0.717, 1.165) is 5.56 Å². The van der Waals surface area contributed by atoms with Gasteiger partial charge in [-0.15, -0.1) is 0 Å². The topological polar surface area (TPSA) is 57.5 Å². The Morgan fingerprint density at radius 3 is 2.31 bits per heavy atom. The number of hydrogen-bond acceptors (Lipinski definition) is 3. The number of aromatic hydroxyl groups is 2. The van der Waals surface area contributed by atoms with Gasteiger partial charge >= 0.3 is 0 Å².